The standard InChI is InChI=1S/C17H17N3O2S.ClH/c1-11(2)20-16(21)14-5-4-10-18-15(14)23-17(20)19-12-6-8-13(22-3)9-7-12;/h4-11H,1-3H3;1H/b19-17-;. The number of hydrogen-bond acceptors (Lipinski definition) is 5. The van der Waals surface area contributed by atoms with Gasteiger partial charge in [-0.1, -0.05) is 11.3 Å². The van der Waals surface area contributed by atoms with Gasteiger partial charge >= 0.3 is 0 Å². The number of methoxy groups -OCH3 is 1. The zero-order valence-corrected chi connectivity index (χ0v) is 15.2. The maximum Gasteiger partial charge on any atom is 0.263 e. The van der Waals surface area contributed by atoms with Gasteiger partial charge in [-0.25, -0.2) is 9.98 Å². The van der Waals surface area contributed by atoms with E-state index in [1.165, 1.54) is 11.3 Å². The van der Waals surface area contributed by atoms with E-state index in [-0.39, 0.29) is 24.0 Å². The van der Waals surface area contributed by atoms with Gasteiger partial charge in [-0.3, -0.25) is 9.36 Å². The van der Waals surface area contributed by atoms with Crippen LogP contribution in [0.4, 0.5) is 5.69 Å². The third kappa shape index (κ3) is 3.49. The Morgan fingerprint density at radius 3 is 2.54 bits per heavy atom. The van der Waals surface area contributed by atoms with Gasteiger partial charge in [0.15, 0.2) is 4.80 Å². The van der Waals surface area contributed by atoms with Gasteiger partial charge in [0.2, 0.25) is 0 Å². The molecular weight excluding hydrogens is 346 g/mol. The molecule has 1 aromatic carbocycles. The van der Waals surface area contributed by atoms with E-state index >= 15 is 0 Å². The van der Waals surface area contributed by atoms with Gasteiger partial charge in [0, 0.05) is 12.2 Å². The monoisotopic (exact) mass is 363 g/mol. The minimum Gasteiger partial charge on any atom is -0.497 e. The Morgan fingerprint density at radius 1 is 1.21 bits per heavy atom. The van der Waals surface area contributed by atoms with Gasteiger partial charge in [-0.15, -0.1) is 12.4 Å². The summed E-state index contributed by atoms with van der Waals surface area (Å²) in [5.74, 6) is 0.772. The molecule has 3 rings (SSSR count). The number of aromatic nitrogens is 2. The molecule has 7 heteroatoms. The number of rotatable bonds is 3. The third-order valence-corrected chi connectivity index (χ3v) is 4.42. The molecule has 0 aliphatic rings. The summed E-state index contributed by atoms with van der Waals surface area (Å²) in [5.41, 5.74) is 0.709. The van der Waals surface area contributed by atoms with Crippen molar-refractivity contribution in [1.29, 1.82) is 0 Å². The molecule has 0 bridgehead atoms. The van der Waals surface area contributed by atoms with Crippen LogP contribution < -0.4 is 15.1 Å². The SMILES string of the molecule is COc1ccc(/N=c2\sc3ncccc3c(=O)n2C(C)C)cc1.Cl. The van der Waals surface area contributed by atoms with Gasteiger partial charge in [-0.05, 0) is 50.2 Å². The van der Waals surface area contributed by atoms with Crippen LogP contribution in [0.3, 0.4) is 0 Å². The average Bonchev–Trinajstić information content (AvgIpc) is 2.55. The smallest absolute Gasteiger partial charge is 0.263 e. The zero-order chi connectivity index (χ0) is 16.4. The summed E-state index contributed by atoms with van der Waals surface area (Å²) >= 11 is 1.41. The van der Waals surface area contributed by atoms with Crippen LogP contribution >= 0.6 is 23.7 Å². The van der Waals surface area contributed by atoms with Crippen molar-refractivity contribution < 1.29 is 4.74 Å². The average molecular weight is 364 g/mol. The summed E-state index contributed by atoms with van der Waals surface area (Å²) in [6.45, 7) is 3.95. The van der Waals surface area contributed by atoms with E-state index in [1.54, 1.807) is 30.0 Å². The molecule has 126 valence electrons. The fourth-order valence-electron chi connectivity index (χ4n) is 2.29. The number of benzene rings is 1. The molecule has 0 amide bonds. The van der Waals surface area contributed by atoms with Crippen molar-refractivity contribution in [3.05, 3.63) is 57.8 Å². The summed E-state index contributed by atoms with van der Waals surface area (Å²) in [5, 5.41) is 0.625. The molecule has 0 saturated heterocycles. The van der Waals surface area contributed by atoms with E-state index in [4.69, 9.17) is 4.74 Å². The quantitative estimate of drug-likeness (QED) is 0.712. The summed E-state index contributed by atoms with van der Waals surface area (Å²) in [6, 6.07) is 11.0. The highest BCUT2D eigenvalue weighted by Crippen LogP contribution is 2.18. The largest absolute Gasteiger partial charge is 0.497 e. The Balaban J connectivity index is 0.00000208. The van der Waals surface area contributed by atoms with Crippen LogP contribution in [0, 0.1) is 0 Å². The molecular formula is C17H18ClN3O2S. The first-order valence-corrected chi connectivity index (χ1v) is 8.11. The minimum atomic E-state index is -0.0610. The Labute approximate surface area is 149 Å². The number of hydrogen-bond donors (Lipinski definition) is 0. The second-order valence-electron chi connectivity index (χ2n) is 5.32. The Hall–Kier alpha value is -2.18. The molecule has 2 heterocycles. The Bertz CT molecular complexity index is 962. The van der Waals surface area contributed by atoms with Gasteiger partial charge in [-0.2, -0.15) is 0 Å². The second kappa shape index (κ2) is 7.59. The lowest BCUT2D eigenvalue weighted by atomic mass is 10.3. The lowest BCUT2D eigenvalue weighted by Crippen LogP contribution is -2.33. The first-order valence-electron chi connectivity index (χ1n) is 7.29. The van der Waals surface area contributed by atoms with Crippen molar-refractivity contribution in [2.24, 2.45) is 4.99 Å². The summed E-state index contributed by atoms with van der Waals surface area (Å²) in [4.78, 5) is 23.0. The normalized spacial score (nSPS) is 11.6. The van der Waals surface area contributed by atoms with Crippen molar-refractivity contribution in [3.63, 3.8) is 0 Å². The van der Waals surface area contributed by atoms with E-state index in [1.807, 2.05) is 38.1 Å². The van der Waals surface area contributed by atoms with E-state index in [9.17, 15) is 4.79 Å². The molecule has 0 atom stereocenters. The molecule has 0 aliphatic carbocycles. The minimum absolute atomic E-state index is 0. The molecule has 0 unspecified atom stereocenters. The highest BCUT2D eigenvalue weighted by Gasteiger charge is 2.10. The number of nitrogens with zero attached hydrogens (tertiary/aromatic N) is 3. The van der Waals surface area contributed by atoms with Crippen LogP contribution in [0.5, 0.6) is 5.75 Å². The number of pyridine rings is 1. The Morgan fingerprint density at radius 2 is 1.92 bits per heavy atom. The zero-order valence-electron chi connectivity index (χ0n) is 13.6. The first-order chi connectivity index (χ1) is 11.1. The molecule has 0 fully saturated rings. The fourth-order valence-corrected chi connectivity index (χ4v) is 3.38. The van der Waals surface area contributed by atoms with Gasteiger partial charge in [0.1, 0.15) is 10.6 Å². The van der Waals surface area contributed by atoms with Gasteiger partial charge in [0.25, 0.3) is 5.56 Å². The predicted octanol–water partition coefficient (Wildman–Crippen LogP) is 3.70. The topological polar surface area (TPSA) is 56.5 Å². The van der Waals surface area contributed by atoms with Crippen LogP contribution in [0.1, 0.15) is 19.9 Å². The first kappa shape index (κ1) is 18.2. The van der Waals surface area contributed by atoms with Crippen molar-refractivity contribution in [2.75, 3.05) is 7.11 Å². The fraction of sp³-hybridized carbons (Fsp3) is 0.235. The second-order valence-corrected chi connectivity index (χ2v) is 6.28. The van der Waals surface area contributed by atoms with Crippen molar-refractivity contribution in [2.45, 2.75) is 19.9 Å². The van der Waals surface area contributed by atoms with E-state index in [0.717, 1.165) is 11.4 Å². The molecule has 3 aromatic rings. The molecule has 24 heavy (non-hydrogen) atoms. The lowest BCUT2D eigenvalue weighted by Gasteiger charge is -2.11. The summed E-state index contributed by atoms with van der Waals surface area (Å²) < 4.78 is 6.86. The van der Waals surface area contributed by atoms with Crippen LogP contribution in [-0.2, 0) is 0 Å². The maximum absolute atomic E-state index is 12.7. The van der Waals surface area contributed by atoms with Crippen LogP contribution in [-0.4, -0.2) is 16.7 Å². The lowest BCUT2D eigenvalue weighted by molar-refractivity contribution is 0.415. The molecule has 0 radical (unpaired) electrons. The summed E-state index contributed by atoms with van der Waals surface area (Å²) in [6.07, 6.45) is 1.69. The molecule has 5 nitrogen and oxygen atoms in total. The molecule has 0 saturated carbocycles. The molecule has 2 aromatic heterocycles. The molecule has 0 aliphatic heterocycles. The third-order valence-electron chi connectivity index (χ3n) is 3.43. The van der Waals surface area contributed by atoms with E-state index in [0.29, 0.717) is 15.0 Å². The van der Waals surface area contributed by atoms with Crippen molar-refractivity contribution >= 4 is 39.6 Å². The van der Waals surface area contributed by atoms with Crippen molar-refractivity contribution in [3.8, 4) is 5.75 Å². The highest BCUT2D eigenvalue weighted by molar-refractivity contribution is 7.15. The number of fused-ring (bicyclic) bond motifs is 1. The number of ether oxygens (including phenoxy) is 1. The Kier molecular flexibility index (Phi) is 5.75. The van der Waals surface area contributed by atoms with Gasteiger partial charge < -0.3 is 4.74 Å². The molecule has 0 N–H and O–H groups in total. The predicted molar refractivity (Wildman–Crippen MR) is 99.7 cm³/mol. The molecule has 0 spiro atoms. The van der Waals surface area contributed by atoms with E-state index < -0.39 is 0 Å². The number of halogens is 1. The van der Waals surface area contributed by atoms with Crippen LogP contribution in [0.2, 0.25) is 0 Å². The maximum atomic E-state index is 12.7. The van der Waals surface area contributed by atoms with Crippen LogP contribution in [0.15, 0.2) is 52.4 Å². The summed E-state index contributed by atoms with van der Waals surface area (Å²) in [7, 11) is 1.62. The highest BCUT2D eigenvalue weighted by atomic mass is 35.5. The van der Waals surface area contributed by atoms with Gasteiger partial charge in [0.05, 0.1) is 18.2 Å². The van der Waals surface area contributed by atoms with Crippen LogP contribution in [0.25, 0.3) is 10.2 Å². The van der Waals surface area contributed by atoms with Crippen molar-refractivity contribution in [1.82, 2.24) is 9.55 Å². The van der Waals surface area contributed by atoms with E-state index in [2.05, 4.69) is 9.98 Å².